The van der Waals surface area contributed by atoms with E-state index >= 15 is 0 Å². The van der Waals surface area contributed by atoms with Gasteiger partial charge in [-0.05, 0) is 46.8 Å². The Bertz CT molecular complexity index is 1450. The lowest BCUT2D eigenvalue weighted by atomic mass is 10.2. The summed E-state index contributed by atoms with van der Waals surface area (Å²) in [5.74, 6) is 1.74. The number of methoxy groups -OCH3 is 1. The molecule has 0 aliphatic carbocycles. The standard InChI is InChI=1S/C23H18N6O2S/c1-31-18-11-7-10-17(14-18)28-22(30)19-12-5-6-13-20(19)24-23(28)32-15-21-25-26-27-29(21)16-8-3-2-4-9-16/h2-14H,15H2,1H3. The van der Waals surface area contributed by atoms with Gasteiger partial charge in [0.1, 0.15) is 5.75 Å². The minimum Gasteiger partial charge on any atom is -0.497 e. The first kappa shape index (κ1) is 20.0. The van der Waals surface area contributed by atoms with E-state index < -0.39 is 0 Å². The summed E-state index contributed by atoms with van der Waals surface area (Å²) in [6, 6.07) is 24.4. The number of tetrazole rings is 1. The van der Waals surface area contributed by atoms with Gasteiger partial charge in [-0.25, -0.2) is 4.98 Å². The van der Waals surface area contributed by atoms with Crippen LogP contribution in [0.25, 0.3) is 22.3 Å². The van der Waals surface area contributed by atoms with E-state index in [4.69, 9.17) is 9.72 Å². The van der Waals surface area contributed by atoms with Crippen molar-refractivity contribution in [3.8, 4) is 17.1 Å². The number of ether oxygens (including phenoxy) is 1. The van der Waals surface area contributed by atoms with Crippen LogP contribution in [0.2, 0.25) is 0 Å². The number of hydrogen-bond donors (Lipinski definition) is 0. The van der Waals surface area contributed by atoms with Crippen LogP contribution in [0.1, 0.15) is 5.82 Å². The van der Waals surface area contributed by atoms with Crippen LogP contribution in [0.15, 0.2) is 88.8 Å². The largest absolute Gasteiger partial charge is 0.497 e. The van der Waals surface area contributed by atoms with Crippen LogP contribution in [0.4, 0.5) is 0 Å². The average Bonchev–Trinajstić information content (AvgIpc) is 3.32. The molecule has 9 heteroatoms. The van der Waals surface area contributed by atoms with Crippen molar-refractivity contribution >= 4 is 22.7 Å². The van der Waals surface area contributed by atoms with Gasteiger partial charge in [0.15, 0.2) is 11.0 Å². The molecule has 0 N–H and O–H groups in total. The minimum absolute atomic E-state index is 0.144. The molecule has 2 aromatic heterocycles. The van der Waals surface area contributed by atoms with Crippen molar-refractivity contribution in [3.05, 3.63) is 95.0 Å². The lowest BCUT2D eigenvalue weighted by molar-refractivity contribution is 0.414. The van der Waals surface area contributed by atoms with Crippen LogP contribution in [0.5, 0.6) is 5.75 Å². The van der Waals surface area contributed by atoms with Gasteiger partial charge in [0.2, 0.25) is 0 Å². The first-order valence-electron chi connectivity index (χ1n) is 9.86. The van der Waals surface area contributed by atoms with Crippen LogP contribution >= 0.6 is 11.8 Å². The summed E-state index contributed by atoms with van der Waals surface area (Å²) in [7, 11) is 1.60. The zero-order valence-corrected chi connectivity index (χ0v) is 17.9. The molecule has 0 aliphatic rings. The quantitative estimate of drug-likeness (QED) is 0.293. The molecule has 0 radical (unpaired) electrons. The summed E-state index contributed by atoms with van der Waals surface area (Å²) in [5.41, 5.74) is 2.04. The third kappa shape index (κ3) is 3.74. The molecule has 0 bridgehead atoms. The number of thioether (sulfide) groups is 1. The van der Waals surface area contributed by atoms with E-state index in [0.29, 0.717) is 39.1 Å². The summed E-state index contributed by atoms with van der Waals surface area (Å²) >= 11 is 1.40. The maximum absolute atomic E-state index is 13.4. The minimum atomic E-state index is -0.144. The first-order valence-corrected chi connectivity index (χ1v) is 10.8. The van der Waals surface area contributed by atoms with E-state index in [2.05, 4.69) is 15.5 Å². The highest BCUT2D eigenvalue weighted by atomic mass is 32.2. The fraction of sp³-hybridized carbons (Fsp3) is 0.0870. The van der Waals surface area contributed by atoms with Crippen LogP contribution in [0, 0.1) is 0 Å². The molecule has 32 heavy (non-hydrogen) atoms. The molecule has 0 fully saturated rings. The highest BCUT2D eigenvalue weighted by Crippen LogP contribution is 2.26. The topological polar surface area (TPSA) is 87.7 Å². The van der Waals surface area contributed by atoms with Crippen molar-refractivity contribution in [1.82, 2.24) is 29.8 Å². The van der Waals surface area contributed by atoms with E-state index in [1.165, 1.54) is 11.8 Å². The summed E-state index contributed by atoms with van der Waals surface area (Å²) in [6.45, 7) is 0. The molecule has 0 saturated carbocycles. The van der Waals surface area contributed by atoms with E-state index in [1.54, 1.807) is 22.4 Å². The highest BCUT2D eigenvalue weighted by molar-refractivity contribution is 7.98. The third-order valence-electron chi connectivity index (χ3n) is 4.92. The van der Waals surface area contributed by atoms with E-state index in [-0.39, 0.29) is 5.56 Å². The van der Waals surface area contributed by atoms with E-state index in [9.17, 15) is 4.79 Å². The van der Waals surface area contributed by atoms with Crippen molar-refractivity contribution in [2.45, 2.75) is 10.9 Å². The Morgan fingerprint density at radius 1 is 0.938 bits per heavy atom. The first-order chi connectivity index (χ1) is 15.7. The predicted octanol–water partition coefficient (Wildman–Crippen LogP) is 3.66. The molecule has 5 rings (SSSR count). The van der Waals surface area contributed by atoms with Gasteiger partial charge in [-0.3, -0.25) is 9.36 Å². The Kier molecular flexibility index (Phi) is 5.39. The maximum Gasteiger partial charge on any atom is 0.266 e. The van der Waals surface area contributed by atoms with Gasteiger partial charge in [0.25, 0.3) is 5.56 Å². The number of aromatic nitrogens is 6. The van der Waals surface area contributed by atoms with Crippen molar-refractivity contribution in [2.75, 3.05) is 7.11 Å². The predicted molar refractivity (Wildman–Crippen MR) is 123 cm³/mol. The summed E-state index contributed by atoms with van der Waals surface area (Å²) in [4.78, 5) is 18.2. The Hall–Kier alpha value is -3.98. The van der Waals surface area contributed by atoms with Gasteiger partial charge < -0.3 is 4.74 Å². The van der Waals surface area contributed by atoms with Crippen LogP contribution in [-0.2, 0) is 5.75 Å². The molecule has 0 aliphatic heterocycles. The van der Waals surface area contributed by atoms with Gasteiger partial charge in [-0.15, -0.1) is 5.10 Å². The smallest absolute Gasteiger partial charge is 0.266 e. The Morgan fingerprint density at radius 2 is 1.72 bits per heavy atom. The Morgan fingerprint density at radius 3 is 2.56 bits per heavy atom. The van der Waals surface area contributed by atoms with Crippen LogP contribution in [-0.4, -0.2) is 36.9 Å². The fourth-order valence-electron chi connectivity index (χ4n) is 3.38. The van der Waals surface area contributed by atoms with Crippen molar-refractivity contribution in [1.29, 1.82) is 0 Å². The van der Waals surface area contributed by atoms with Gasteiger partial charge in [-0.1, -0.05) is 48.2 Å². The zero-order chi connectivity index (χ0) is 21.9. The van der Waals surface area contributed by atoms with Gasteiger partial charge in [0.05, 0.1) is 35.1 Å². The fourth-order valence-corrected chi connectivity index (χ4v) is 4.30. The molecule has 0 amide bonds. The van der Waals surface area contributed by atoms with Gasteiger partial charge >= 0.3 is 0 Å². The molecule has 5 aromatic rings. The molecular formula is C23H18N6O2S. The average molecular weight is 443 g/mol. The molecule has 0 saturated heterocycles. The van der Waals surface area contributed by atoms with Crippen molar-refractivity contribution in [2.24, 2.45) is 0 Å². The summed E-state index contributed by atoms with van der Waals surface area (Å²) in [5, 5.41) is 13.2. The van der Waals surface area contributed by atoms with E-state index in [0.717, 1.165) is 5.69 Å². The molecule has 158 valence electrons. The molecule has 3 aromatic carbocycles. The number of rotatable bonds is 6. The second-order valence-corrected chi connectivity index (χ2v) is 7.83. The van der Waals surface area contributed by atoms with Crippen molar-refractivity contribution in [3.63, 3.8) is 0 Å². The lowest BCUT2D eigenvalue weighted by Gasteiger charge is -2.14. The zero-order valence-electron chi connectivity index (χ0n) is 17.1. The Labute approximate surface area is 187 Å². The third-order valence-corrected chi connectivity index (χ3v) is 5.86. The van der Waals surface area contributed by atoms with Crippen molar-refractivity contribution < 1.29 is 4.74 Å². The summed E-state index contributed by atoms with van der Waals surface area (Å²) < 4.78 is 8.64. The highest BCUT2D eigenvalue weighted by Gasteiger charge is 2.16. The summed E-state index contributed by atoms with van der Waals surface area (Å²) in [6.07, 6.45) is 0. The molecular weight excluding hydrogens is 424 g/mol. The van der Waals surface area contributed by atoms with Gasteiger partial charge in [0, 0.05) is 6.07 Å². The molecule has 0 atom stereocenters. The number of para-hydroxylation sites is 2. The van der Waals surface area contributed by atoms with E-state index in [1.807, 2.05) is 72.8 Å². The second-order valence-electron chi connectivity index (χ2n) is 6.88. The molecule has 2 heterocycles. The maximum atomic E-state index is 13.4. The monoisotopic (exact) mass is 442 g/mol. The number of benzene rings is 3. The number of fused-ring (bicyclic) bond motifs is 1. The molecule has 0 spiro atoms. The van der Waals surface area contributed by atoms with Crippen LogP contribution in [0.3, 0.4) is 0 Å². The molecule has 8 nitrogen and oxygen atoms in total. The number of hydrogen-bond acceptors (Lipinski definition) is 7. The SMILES string of the molecule is COc1cccc(-n2c(SCc3nnnn3-c3ccccc3)nc3ccccc3c2=O)c1. The van der Waals surface area contributed by atoms with Crippen LogP contribution < -0.4 is 10.3 Å². The van der Waals surface area contributed by atoms with Gasteiger partial charge in [-0.2, -0.15) is 4.68 Å². The normalized spacial score (nSPS) is 11.0. The number of nitrogens with zero attached hydrogens (tertiary/aromatic N) is 6. The molecule has 0 unspecified atom stereocenters. The lowest BCUT2D eigenvalue weighted by Crippen LogP contribution is -2.21. The second kappa shape index (κ2) is 8.64. The Balaban J connectivity index is 1.58.